The van der Waals surface area contributed by atoms with Crippen LogP contribution in [-0.4, -0.2) is 53.9 Å². The Hall–Kier alpha value is -3.42. The van der Waals surface area contributed by atoms with Gasteiger partial charge >= 0.3 is 5.97 Å². The molecule has 172 valence electrons. The molecule has 0 N–H and O–H groups in total. The number of ketones is 1. The predicted octanol–water partition coefficient (Wildman–Crippen LogP) is 3.72. The molecule has 8 heteroatoms. The summed E-state index contributed by atoms with van der Waals surface area (Å²) in [4.78, 5) is 24.7. The number of carbonyl (C=O) groups is 2. The highest BCUT2D eigenvalue weighted by Gasteiger charge is 2.39. The average Bonchev–Trinajstić information content (AvgIpc) is 3.15. The number of hydrogen-bond donors (Lipinski definition) is 0. The predicted molar refractivity (Wildman–Crippen MR) is 117 cm³/mol. The van der Waals surface area contributed by atoms with Crippen LogP contribution >= 0.6 is 0 Å². The number of carbonyl (C=O) groups excluding carboxylic acids is 2. The Balaban J connectivity index is 1.67. The quantitative estimate of drug-likeness (QED) is 0.405. The summed E-state index contributed by atoms with van der Waals surface area (Å²) in [5.41, 5.74) is 1.73. The second kappa shape index (κ2) is 10.3. The summed E-state index contributed by atoms with van der Waals surface area (Å²) >= 11 is 0. The number of hydrogen-bond acceptors (Lipinski definition) is 8. The van der Waals surface area contributed by atoms with Crippen LogP contribution < -0.4 is 23.7 Å². The van der Waals surface area contributed by atoms with Crippen molar-refractivity contribution in [1.29, 1.82) is 0 Å². The summed E-state index contributed by atoms with van der Waals surface area (Å²) in [7, 11) is 7.41. The molecule has 32 heavy (non-hydrogen) atoms. The molecule has 0 spiro atoms. The average molecular weight is 444 g/mol. The minimum Gasteiger partial charge on any atom is -0.494 e. The van der Waals surface area contributed by atoms with Crippen LogP contribution in [0.3, 0.4) is 0 Å². The van der Waals surface area contributed by atoms with Crippen molar-refractivity contribution < 1.29 is 38.0 Å². The molecule has 0 aromatic heterocycles. The zero-order valence-corrected chi connectivity index (χ0v) is 19.0. The van der Waals surface area contributed by atoms with Crippen LogP contribution in [0.15, 0.2) is 24.3 Å². The molecular weight excluding hydrogens is 416 g/mol. The third kappa shape index (κ3) is 4.30. The lowest BCUT2D eigenvalue weighted by atomic mass is 9.99. The number of esters is 1. The summed E-state index contributed by atoms with van der Waals surface area (Å²) < 4.78 is 32.5. The van der Waals surface area contributed by atoms with Gasteiger partial charge in [-0.2, -0.15) is 0 Å². The van der Waals surface area contributed by atoms with Gasteiger partial charge in [-0.15, -0.1) is 0 Å². The molecule has 3 rings (SSSR count). The Morgan fingerprint density at radius 1 is 0.875 bits per heavy atom. The van der Waals surface area contributed by atoms with E-state index in [1.54, 1.807) is 31.4 Å². The third-order valence-electron chi connectivity index (χ3n) is 5.55. The van der Waals surface area contributed by atoms with Crippen molar-refractivity contribution in [2.45, 2.75) is 19.3 Å². The first-order chi connectivity index (χ1) is 15.5. The smallest absolute Gasteiger partial charge is 0.337 e. The molecule has 1 aliphatic carbocycles. The van der Waals surface area contributed by atoms with Gasteiger partial charge < -0.3 is 28.4 Å². The number of benzene rings is 2. The molecule has 1 unspecified atom stereocenters. The van der Waals surface area contributed by atoms with Crippen molar-refractivity contribution in [3.05, 3.63) is 41.0 Å². The van der Waals surface area contributed by atoms with Gasteiger partial charge in [0.05, 0.1) is 53.3 Å². The van der Waals surface area contributed by atoms with E-state index in [0.29, 0.717) is 65.7 Å². The standard InChI is InChI=1S/C24H28O8/c1-27-20-17-13-15(19(25)18(17)21(28-2)23(30-4)22(20)29-3)7-6-12-32-16-10-8-14(9-11-16)24(26)31-5/h8-11,15H,6-7,12-13H2,1-5H3. The normalized spacial score (nSPS) is 14.5. The van der Waals surface area contributed by atoms with Gasteiger partial charge in [0.2, 0.25) is 11.5 Å². The Bertz CT molecular complexity index is 981. The van der Waals surface area contributed by atoms with E-state index in [9.17, 15) is 9.59 Å². The van der Waals surface area contributed by atoms with E-state index < -0.39 is 5.97 Å². The molecule has 0 bridgehead atoms. The largest absolute Gasteiger partial charge is 0.494 e. The van der Waals surface area contributed by atoms with Gasteiger partial charge in [0.15, 0.2) is 17.3 Å². The van der Waals surface area contributed by atoms with Gasteiger partial charge in [0.25, 0.3) is 0 Å². The summed E-state index contributed by atoms with van der Waals surface area (Å²) in [6.07, 6.45) is 1.86. The highest BCUT2D eigenvalue weighted by molar-refractivity contribution is 6.07. The van der Waals surface area contributed by atoms with E-state index in [4.69, 9.17) is 23.7 Å². The molecule has 0 amide bonds. The first-order valence-electron chi connectivity index (χ1n) is 10.2. The molecule has 1 atom stereocenters. The van der Waals surface area contributed by atoms with Gasteiger partial charge in [0, 0.05) is 11.5 Å². The molecule has 0 fully saturated rings. The number of fused-ring (bicyclic) bond motifs is 1. The van der Waals surface area contributed by atoms with Crippen molar-refractivity contribution >= 4 is 11.8 Å². The van der Waals surface area contributed by atoms with Crippen molar-refractivity contribution in [1.82, 2.24) is 0 Å². The van der Waals surface area contributed by atoms with E-state index in [2.05, 4.69) is 4.74 Å². The maximum atomic E-state index is 13.2. The fraction of sp³-hybridized carbons (Fsp3) is 0.417. The van der Waals surface area contributed by atoms with E-state index in [0.717, 1.165) is 5.56 Å². The SMILES string of the molecule is COC(=O)c1ccc(OCCCC2Cc3c(OC)c(OC)c(OC)c(OC)c3C2=O)cc1. The number of rotatable bonds is 10. The van der Waals surface area contributed by atoms with Crippen LogP contribution in [0.25, 0.3) is 0 Å². The minimum atomic E-state index is -0.394. The van der Waals surface area contributed by atoms with Crippen molar-refractivity contribution in [2.75, 3.05) is 42.2 Å². The maximum Gasteiger partial charge on any atom is 0.337 e. The Kier molecular flexibility index (Phi) is 7.45. The monoisotopic (exact) mass is 444 g/mol. The molecule has 1 aliphatic rings. The number of methoxy groups -OCH3 is 5. The molecule has 2 aromatic carbocycles. The molecule has 0 radical (unpaired) electrons. The number of ether oxygens (including phenoxy) is 6. The van der Waals surface area contributed by atoms with Crippen LogP contribution in [0.2, 0.25) is 0 Å². The van der Waals surface area contributed by atoms with Gasteiger partial charge in [0.1, 0.15) is 5.75 Å². The van der Waals surface area contributed by atoms with Crippen molar-refractivity contribution in [3.63, 3.8) is 0 Å². The zero-order chi connectivity index (χ0) is 23.3. The second-order valence-corrected chi connectivity index (χ2v) is 7.26. The molecular formula is C24H28O8. The van der Waals surface area contributed by atoms with Crippen molar-refractivity contribution in [2.24, 2.45) is 5.92 Å². The Morgan fingerprint density at radius 3 is 2.03 bits per heavy atom. The molecule has 0 saturated heterocycles. The summed E-state index contributed by atoms with van der Waals surface area (Å²) in [5.74, 6) is 1.67. The summed E-state index contributed by atoms with van der Waals surface area (Å²) in [5, 5.41) is 0. The fourth-order valence-corrected chi connectivity index (χ4v) is 4.05. The summed E-state index contributed by atoms with van der Waals surface area (Å²) in [6.45, 7) is 0.443. The first kappa shape index (κ1) is 23.2. The minimum absolute atomic E-state index is 0.00136. The van der Waals surface area contributed by atoms with Crippen LogP contribution in [0.4, 0.5) is 0 Å². The lowest BCUT2D eigenvalue weighted by Gasteiger charge is -2.19. The molecule has 0 saturated carbocycles. The first-order valence-corrected chi connectivity index (χ1v) is 10.2. The highest BCUT2D eigenvalue weighted by Crippen LogP contribution is 2.53. The topological polar surface area (TPSA) is 89.5 Å². The second-order valence-electron chi connectivity index (χ2n) is 7.26. The van der Waals surface area contributed by atoms with Crippen molar-refractivity contribution in [3.8, 4) is 28.7 Å². The van der Waals surface area contributed by atoms with Crippen LogP contribution in [0, 0.1) is 5.92 Å². The van der Waals surface area contributed by atoms with Gasteiger partial charge in [-0.3, -0.25) is 4.79 Å². The molecule has 8 nitrogen and oxygen atoms in total. The highest BCUT2D eigenvalue weighted by atomic mass is 16.5. The van der Waals surface area contributed by atoms with E-state index in [1.807, 2.05) is 0 Å². The lowest BCUT2D eigenvalue weighted by Crippen LogP contribution is -2.11. The lowest BCUT2D eigenvalue weighted by molar-refractivity contribution is 0.0600. The van der Waals surface area contributed by atoms with Gasteiger partial charge in [-0.05, 0) is 43.5 Å². The molecule has 2 aromatic rings. The van der Waals surface area contributed by atoms with Crippen LogP contribution in [0.5, 0.6) is 28.7 Å². The van der Waals surface area contributed by atoms with Crippen LogP contribution in [-0.2, 0) is 11.2 Å². The Morgan fingerprint density at radius 2 is 1.47 bits per heavy atom. The fourth-order valence-electron chi connectivity index (χ4n) is 4.05. The van der Waals surface area contributed by atoms with E-state index in [-0.39, 0.29) is 11.7 Å². The van der Waals surface area contributed by atoms with E-state index >= 15 is 0 Å². The Labute approximate surface area is 187 Å². The third-order valence-corrected chi connectivity index (χ3v) is 5.55. The van der Waals surface area contributed by atoms with Crippen LogP contribution in [0.1, 0.15) is 39.1 Å². The maximum absolute atomic E-state index is 13.2. The van der Waals surface area contributed by atoms with Gasteiger partial charge in [-0.25, -0.2) is 4.79 Å². The zero-order valence-electron chi connectivity index (χ0n) is 19.0. The summed E-state index contributed by atoms with van der Waals surface area (Å²) in [6, 6.07) is 6.74. The molecule has 0 heterocycles. The van der Waals surface area contributed by atoms with Gasteiger partial charge in [-0.1, -0.05) is 0 Å². The molecule has 0 aliphatic heterocycles. The number of Topliss-reactive ketones (excluding diaryl/α,β-unsaturated/α-hetero) is 1. The van der Waals surface area contributed by atoms with E-state index in [1.165, 1.54) is 28.4 Å².